The van der Waals surface area contributed by atoms with Gasteiger partial charge in [-0.2, -0.15) is 0 Å². The number of aromatic nitrogens is 1. The minimum atomic E-state index is 0.0402. The van der Waals surface area contributed by atoms with Crippen molar-refractivity contribution in [3.63, 3.8) is 0 Å². The van der Waals surface area contributed by atoms with Crippen LogP contribution in [-0.4, -0.2) is 32.6 Å². The Morgan fingerprint density at radius 2 is 1.86 bits per heavy atom. The number of thioether (sulfide) groups is 1. The van der Waals surface area contributed by atoms with E-state index in [9.17, 15) is 4.79 Å². The van der Waals surface area contributed by atoms with Crippen molar-refractivity contribution in [1.29, 1.82) is 0 Å². The van der Waals surface area contributed by atoms with Gasteiger partial charge in [0.1, 0.15) is 0 Å². The fourth-order valence-electron chi connectivity index (χ4n) is 3.34. The van der Waals surface area contributed by atoms with Crippen molar-refractivity contribution in [3.05, 3.63) is 55.8 Å². The molecule has 1 aliphatic rings. The third-order valence-electron chi connectivity index (χ3n) is 4.55. The fourth-order valence-corrected chi connectivity index (χ4v) is 5.09. The SMILES string of the molecule is Cc1cc(/C=C2/SC(=NC(C)C)N(C(C)C)C2=O)c(C)n1-c1cccc(I)c1. The van der Waals surface area contributed by atoms with E-state index in [1.807, 2.05) is 33.8 Å². The molecular weight excluding hydrogens is 481 g/mol. The van der Waals surface area contributed by atoms with E-state index in [2.05, 4.69) is 76.3 Å². The Labute approximate surface area is 185 Å². The van der Waals surface area contributed by atoms with Crippen molar-refractivity contribution in [1.82, 2.24) is 9.47 Å². The summed E-state index contributed by atoms with van der Waals surface area (Å²) in [6.45, 7) is 12.3. The lowest BCUT2D eigenvalue weighted by Gasteiger charge is -2.20. The molecule has 0 radical (unpaired) electrons. The number of amidine groups is 1. The Morgan fingerprint density at radius 3 is 2.46 bits per heavy atom. The molecule has 0 atom stereocenters. The number of halogens is 1. The number of hydrogen-bond donors (Lipinski definition) is 0. The van der Waals surface area contributed by atoms with E-state index in [1.165, 1.54) is 15.3 Å². The number of aryl methyl sites for hydroxylation is 1. The van der Waals surface area contributed by atoms with Gasteiger partial charge in [-0.05, 0) is 112 Å². The number of amides is 1. The molecule has 3 rings (SSSR count). The summed E-state index contributed by atoms with van der Waals surface area (Å²) in [4.78, 5) is 20.2. The Kier molecular flexibility index (Phi) is 6.39. The van der Waals surface area contributed by atoms with Gasteiger partial charge in [0.25, 0.3) is 5.91 Å². The first kappa shape index (κ1) is 21.2. The second-order valence-corrected chi connectivity index (χ2v) is 9.78. The van der Waals surface area contributed by atoms with Crippen molar-refractivity contribution in [3.8, 4) is 5.69 Å². The van der Waals surface area contributed by atoms with Gasteiger partial charge in [-0.15, -0.1) is 0 Å². The molecule has 6 heteroatoms. The highest BCUT2D eigenvalue weighted by Gasteiger charge is 2.35. The molecule has 2 heterocycles. The first-order valence-electron chi connectivity index (χ1n) is 9.44. The number of carbonyl (C=O) groups is 1. The zero-order valence-corrected chi connectivity index (χ0v) is 20.1. The van der Waals surface area contributed by atoms with Gasteiger partial charge < -0.3 is 4.57 Å². The summed E-state index contributed by atoms with van der Waals surface area (Å²) < 4.78 is 3.44. The number of carbonyl (C=O) groups excluding carboxylic acids is 1. The van der Waals surface area contributed by atoms with Gasteiger partial charge in [-0.25, -0.2) is 0 Å². The smallest absolute Gasteiger partial charge is 0.266 e. The second-order valence-electron chi connectivity index (χ2n) is 7.53. The summed E-state index contributed by atoms with van der Waals surface area (Å²) in [6, 6.07) is 10.8. The molecule has 1 saturated heterocycles. The quantitative estimate of drug-likeness (QED) is 0.388. The van der Waals surface area contributed by atoms with Crippen LogP contribution in [-0.2, 0) is 4.79 Å². The summed E-state index contributed by atoms with van der Waals surface area (Å²) in [6.07, 6.45) is 2.01. The Bertz CT molecular complexity index is 972. The lowest BCUT2D eigenvalue weighted by molar-refractivity contribution is -0.123. The molecule has 1 aromatic carbocycles. The Morgan fingerprint density at radius 1 is 1.14 bits per heavy atom. The molecule has 1 fully saturated rings. The highest BCUT2D eigenvalue weighted by molar-refractivity contribution is 14.1. The summed E-state index contributed by atoms with van der Waals surface area (Å²) in [5.74, 6) is 0.0402. The minimum Gasteiger partial charge on any atom is -0.318 e. The normalized spacial score (nSPS) is 17.8. The highest BCUT2D eigenvalue weighted by Crippen LogP contribution is 2.35. The zero-order valence-electron chi connectivity index (χ0n) is 17.2. The molecule has 4 nitrogen and oxygen atoms in total. The monoisotopic (exact) mass is 507 g/mol. The van der Waals surface area contributed by atoms with Crippen LogP contribution in [0.4, 0.5) is 0 Å². The van der Waals surface area contributed by atoms with E-state index in [-0.39, 0.29) is 18.0 Å². The number of aliphatic imine (C=N–C) groups is 1. The predicted octanol–water partition coefficient (Wildman–Crippen LogP) is 5.79. The van der Waals surface area contributed by atoms with Crippen LogP contribution < -0.4 is 0 Å². The maximum Gasteiger partial charge on any atom is 0.266 e. The third kappa shape index (κ3) is 4.22. The van der Waals surface area contributed by atoms with Gasteiger partial charge >= 0.3 is 0 Å². The van der Waals surface area contributed by atoms with Crippen LogP contribution in [0.2, 0.25) is 0 Å². The largest absolute Gasteiger partial charge is 0.318 e. The van der Waals surface area contributed by atoms with Gasteiger partial charge in [0, 0.05) is 32.7 Å². The zero-order chi connectivity index (χ0) is 20.6. The predicted molar refractivity (Wildman–Crippen MR) is 128 cm³/mol. The van der Waals surface area contributed by atoms with Gasteiger partial charge in [-0.1, -0.05) is 6.07 Å². The molecule has 28 heavy (non-hydrogen) atoms. The van der Waals surface area contributed by atoms with Crippen LogP contribution in [0.3, 0.4) is 0 Å². The van der Waals surface area contributed by atoms with Crippen LogP contribution in [0, 0.1) is 17.4 Å². The van der Waals surface area contributed by atoms with Crippen molar-refractivity contribution in [2.75, 3.05) is 0 Å². The summed E-state index contributed by atoms with van der Waals surface area (Å²) >= 11 is 3.81. The van der Waals surface area contributed by atoms with Crippen molar-refractivity contribution in [2.45, 2.75) is 53.6 Å². The van der Waals surface area contributed by atoms with Crippen LogP contribution in [0.5, 0.6) is 0 Å². The minimum absolute atomic E-state index is 0.0402. The molecule has 148 valence electrons. The fraction of sp³-hybridized carbons (Fsp3) is 0.364. The van der Waals surface area contributed by atoms with Gasteiger partial charge in [0.2, 0.25) is 0 Å². The van der Waals surface area contributed by atoms with E-state index in [0.29, 0.717) is 0 Å². The van der Waals surface area contributed by atoms with E-state index < -0.39 is 0 Å². The summed E-state index contributed by atoms with van der Waals surface area (Å²) in [5, 5.41) is 0.799. The molecule has 1 aromatic heterocycles. The third-order valence-corrected chi connectivity index (χ3v) is 6.21. The standard InChI is InChI=1S/C22H26IN3OS/c1-13(2)24-22-25(14(3)4)21(27)20(28-22)11-17-10-15(5)26(16(17)6)19-9-7-8-18(23)12-19/h7-14H,1-6H3/b20-11+,24-22?. The van der Waals surface area contributed by atoms with Gasteiger partial charge in [0.05, 0.1) is 4.91 Å². The number of nitrogens with zero attached hydrogens (tertiary/aromatic N) is 3. The summed E-state index contributed by atoms with van der Waals surface area (Å²) in [5.41, 5.74) is 4.49. The van der Waals surface area contributed by atoms with Crippen LogP contribution in [0.1, 0.15) is 44.6 Å². The van der Waals surface area contributed by atoms with Crippen LogP contribution in [0.25, 0.3) is 11.8 Å². The first-order valence-corrected chi connectivity index (χ1v) is 11.3. The second kappa shape index (κ2) is 8.45. The van der Waals surface area contributed by atoms with Gasteiger partial charge in [0.15, 0.2) is 5.17 Å². The van der Waals surface area contributed by atoms with Crippen LogP contribution in [0.15, 0.2) is 40.2 Å². The van der Waals surface area contributed by atoms with Crippen molar-refractivity contribution in [2.24, 2.45) is 4.99 Å². The lowest BCUT2D eigenvalue weighted by atomic mass is 10.2. The first-order chi connectivity index (χ1) is 13.2. The Balaban J connectivity index is 2.03. The number of rotatable bonds is 4. The maximum atomic E-state index is 13.0. The molecule has 2 aromatic rings. The molecule has 0 unspecified atom stereocenters. The molecular formula is C22H26IN3OS. The number of hydrogen-bond acceptors (Lipinski definition) is 3. The Hall–Kier alpha value is -1.54. The van der Waals surface area contributed by atoms with E-state index in [4.69, 9.17) is 0 Å². The molecule has 0 aliphatic carbocycles. The molecule has 1 aliphatic heterocycles. The maximum absolute atomic E-state index is 13.0. The molecule has 0 saturated carbocycles. The van der Waals surface area contributed by atoms with Crippen molar-refractivity contribution >= 4 is 51.5 Å². The number of benzene rings is 1. The van der Waals surface area contributed by atoms with Gasteiger partial charge in [-0.3, -0.25) is 14.7 Å². The van der Waals surface area contributed by atoms with E-state index in [0.717, 1.165) is 32.7 Å². The summed E-state index contributed by atoms with van der Waals surface area (Å²) in [7, 11) is 0. The van der Waals surface area contributed by atoms with E-state index in [1.54, 1.807) is 4.90 Å². The molecule has 0 bridgehead atoms. The molecule has 1 amide bonds. The van der Waals surface area contributed by atoms with E-state index >= 15 is 0 Å². The topological polar surface area (TPSA) is 37.6 Å². The lowest BCUT2D eigenvalue weighted by Crippen LogP contribution is -2.35. The highest BCUT2D eigenvalue weighted by atomic mass is 127. The molecule has 0 spiro atoms. The van der Waals surface area contributed by atoms with Crippen LogP contribution >= 0.6 is 34.4 Å². The van der Waals surface area contributed by atoms with Crippen molar-refractivity contribution < 1.29 is 4.79 Å². The average Bonchev–Trinajstić information content (AvgIpc) is 3.03. The average molecular weight is 507 g/mol. The molecule has 0 N–H and O–H groups in total.